The van der Waals surface area contributed by atoms with Crippen LogP contribution < -0.4 is 0 Å². The highest BCUT2D eigenvalue weighted by atomic mass is 32.2. The van der Waals surface area contributed by atoms with Crippen molar-refractivity contribution in [3.8, 4) is 11.1 Å². The number of hydrogen-bond acceptors (Lipinski definition) is 3. The Bertz CT molecular complexity index is 804. The van der Waals surface area contributed by atoms with Crippen molar-refractivity contribution in [2.75, 3.05) is 11.6 Å². The van der Waals surface area contributed by atoms with E-state index in [0.29, 0.717) is 31.1 Å². The summed E-state index contributed by atoms with van der Waals surface area (Å²) in [6.45, 7) is 3.02. The molecule has 2 aromatic carbocycles. The van der Waals surface area contributed by atoms with Gasteiger partial charge in [0.2, 0.25) is 11.8 Å². The third-order valence-electron chi connectivity index (χ3n) is 5.15. The Hall–Kier alpha value is -2.27. The SMILES string of the molecule is CCC(=O)N1CSC[C@@H]1C(=O)N1Cc2ccccc2-c2ccccc2C1. The van der Waals surface area contributed by atoms with Crippen LogP contribution in [0.2, 0.25) is 0 Å². The minimum Gasteiger partial charge on any atom is -0.332 e. The normalized spacial score (nSPS) is 18.9. The summed E-state index contributed by atoms with van der Waals surface area (Å²) in [5, 5.41) is 0. The van der Waals surface area contributed by atoms with Crippen LogP contribution in [0.25, 0.3) is 11.1 Å². The van der Waals surface area contributed by atoms with Gasteiger partial charge in [-0.05, 0) is 22.3 Å². The van der Waals surface area contributed by atoms with Crippen molar-refractivity contribution in [1.82, 2.24) is 9.80 Å². The van der Waals surface area contributed by atoms with Gasteiger partial charge in [0.1, 0.15) is 6.04 Å². The van der Waals surface area contributed by atoms with Gasteiger partial charge in [0.15, 0.2) is 0 Å². The average molecular weight is 366 g/mol. The fourth-order valence-electron chi connectivity index (χ4n) is 3.77. The van der Waals surface area contributed by atoms with E-state index >= 15 is 0 Å². The molecule has 2 aromatic rings. The molecule has 134 valence electrons. The number of thioether (sulfide) groups is 1. The van der Waals surface area contributed by atoms with Gasteiger partial charge in [-0.3, -0.25) is 9.59 Å². The Labute approximate surface area is 158 Å². The van der Waals surface area contributed by atoms with E-state index in [1.807, 2.05) is 36.1 Å². The van der Waals surface area contributed by atoms with E-state index in [2.05, 4.69) is 24.3 Å². The number of rotatable bonds is 2. The summed E-state index contributed by atoms with van der Waals surface area (Å²) in [7, 11) is 0. The summed E-state index contributed by atoms with van der Waals surface area (Å²) in [5.74, 6) is 1.42. The van der Waals surface area contributed by atoms with Crippen LogP contribution >= 0.6 is 11.8 Å². The number of fused-ring (bicyclic) bond motifs is 3. The Morgan fingerprint density at radius 1 is 1.00 bits per heavy atom. The lowest BCUT2D eigenvalue weighted by molar-refractivity contribution is -0.144. The lowest BCUT2D eigenvalue weighted by atomic mass is 9.97. The van der Waals surface area contributed by atoms with E-state index in [4.69, 9.17) is 0 Å². The summed E-state index contributed by atoms with van der Waals surface area (Å²) < 4.78 is 0. The quantitative estimate of drug-likeness (QED) is 0.817. The number of benzene rings is 2. The van der Waals surface area contributed by atoms with Crippen LogP contribution in [0.1, 0.15) is 24.5 Å². The maximum atomic E-state index is 13.3. The molecule has 2 aliphatic rings. The third-order valence-corrected chi connectivity index (χ3v) is 6.16. The Morgan fingerprint density at radius 2 is 1.58 bits per heavy atom. The van der Waals surface area contributed by atoms with Gasteiger partial charge in [0.05, 0.1) is 5.88 Å². The van der Waals surface area contributed by atoms with E-state index in [-0.39, 0.29) is 17.9 Å². The van der Waals surface area contributed by atoms with E-state index < -0.39 is 0 Å². The van der Waals surface area contributed by atoms with Gasteiger partial charge in [-0.25, -0.2) is 0 Å². The van der Waals surface area contributed by atoms with Gasteiger partial charge in [-0.1, -0.05) is 55.5 Å². The molecular weight excluding hydrogens is 344 g/mol. The van der Waals surface area contributed by atoms with Crippen molar-refractivity contribution < 1.29 is 9.59 Å². The van der Waals surface area contributed by atoms with Crippen molar-refractivity contribution in [2.24, 2.45) is 0 Å². The van der Waals surface area contributed by atoms with E-state index in [9.17, 15) is 9.59 Å². The zero-order valence-electron chi connectivity index (χ0n) is 14.9. The summed E-state index contributed by atoms with van der Waals surface area (Å²) in [4.78, 5) is 29.2. The molecule has 0 aliphatic carbocycles. The van der Waals surface area contributed by atoms with Crippen LogP contribution in [0.15, 0.2) is 48.5 Å². The molecule has 0 bridgehead atoms. The van der Waals surface area contributed by atoms with Crippen molar-refractivity contribution in [1.29, 1.82) is 0 Å². The molecule has 1 atom stereocenters. The zero-order chi connectivity index (χ0) is 18.1. The summed E-state index contributed by atoms with van der Waals surface area (Å²) >= 11 is 1.66. The van der Waals surface area contributed by atoms with Crippen molar-refractivity contribution in [2.45, 2.75) is 32.5 Å². The standard InChI is InChI=1S/C21H22N2O2S/c1-2-20(24)23-14-26-13-19(23)21(25)22-11-15-7-3-5-9-17(15)18-10-6-4-8-16(18)12-22/h3-10,19H,2,11-14H2,1H3/t19-/m1/s1. The predicted octanol–water partition coefficient (Wildman–Crippen LogP) is 3.51. The molecule has 2 amide bonds. The molecule has 4 rings (SSSR count). The van der Waals surface area contributed by atoms with Gasteiger partial charge < -0.3 is 9.80 Å². The number of carbonyl (C=O) groups excluding carboxylic acids is 2. The number of nitrogens with zero attached hydrogens (tertiary/aromatic N) is 2. The second-order valence-corrected chi connectivity index (χ2v) is 7.74. The maximum Gasteiger partial charge on any atom is 0.246 e. The van der Waals surface area contributed by atoms with Crippen molar-refractivity contribution >= 4 is 23.6 Å². The first-order valence-corrected chi connectivity index (χ1v) is 10.2. The second kappa shape index (κ2) is 7.16. The lowest BCUT2D eigenvalue weighted by Crippen LogP contribution is -2.48. The molecule has 0 unspecified atom stereocenters. The predicted molar refractivity (Wildman–Crippen MR) is 104 cm³/mol. The van der Waals surface area contributed by atoms with Crippen LogP contribution in [0.3, 0.4) is 0 Å². The fourth-order valence-corrected chi connectivity index (χ4v) is 4.94. The highest BCUT2D eigenvalue weighted by Crippen LogP contribution is 2.33. The van der Waals surface area contributed by atoms with Crippen molar-refractivity contribution in [3.05, 3.63) is 59.7 Å². The summed E-state index contributed by atoms with van der Waals surface area (Å²) in [5.41, 5.74) is 4.70. The van der Waals surface area contributed by atoms with Crippen LogP contribution in [-0.4, -0.2) is 39.3 Å². The fraction of sp³-hybridized carbons (Fsp3) is 0.333. The molecule has 0 saturated carbocycles. The molecule has 0 radical (unpaired) electrons. The first-order chi connectivity index (χ1) is 12.7. The van der Waals surface area contributed by atoms with Gasteiger partial charge in [0.25, 0.3) is 0 Å². The number of carbonyl (C=O) groups is 2. The number of amides is 2. The lowest BCUT2D eigenvalue weighted by Gasteiger charge is -2.29. The minimum absolute atomic E-state index is 0.0586. The number of hydrogen-bond donors (Lipinski definition) is 0. The third kappa shape index (κ3) is 3.01. The molecule has 1 fully saturated rings. The molecule has 5 heteroatoms. The molecule has 0 N–H and O–H groups in total. The molecule has 4 nitrogen and oxygen atoms in total. The van der Waals surface area contributed by atoms with Crippen LogP contribution in [0.4, 0.5) is 0 Å². The summed E-state index contributed by atoms with van der Waals surface area (Å²) in [6, 6.07) is 16.2. The Balaban J connectivity index is 1.68. The topological polar surface area (TPSA) is 40.6 Å². The molecule has 0 aromatic heterocycles. The minimum atomic E-state index is -0.343. The van der Waals surface area contributed by atoms with Crippen LogP contribution in [0.5, 0.6) is 0 Å². The smallest absolute Gasteiger partial charge is 0.246 e. The van der Waals surface area contributed by atoms with Gasteiger partial charge >= 0.3 is 0 Å². The van der Waals surface area contributed by atoms with E-state index in [0.717, 1.165) is 11.1 Å². The highest BCUT2D eigenvalue weighted by molar-refractivity contribution is 7.99. The first-order valence-electron chi connectivity index (χ1n) is 9.01. The van der Waals surface area contributed by atoms with Crippen LogP contribution in [-0.2, 0) is 22.7 Å². The second-order valence-electron chi connectivity index (χ2n) is 6.74. The maximum absolute atomic E-state index is 13.3. The van der Waals surface area contributed by atoms with Gasteiger partial charge in [-0.15, -0.1) is 11.8 Å². The molecule has 2 aliphatic heterocycles. The Kier molecular flexibility index (Phi) is 4.72. The van der Waals surface area contributed by atoms with E-state index in [1.165, 1.54) is 11.1 Å². The molecule has 2 heterocycles. The average Bonchev–Trinajstić information content (AvgIpc) is 3.10. The molecular formula is C21H22N2O2S. The molecule has 26 heavy (non-hydrogen) atoms. The van der Waals surface area contributed by atoms with Crippen LogP contribution in [0, 0.1) is 0 Å². The van der Waals surface area contributed by atoms with Gasteiger partial charge in [0, 0.05) is 25.3 Å². The molecule has 1 saturated heterocycles. The largest absolute Gasteiger partial charge is 0.332 e. The van der Waals surface area contributed by atoms with Crippen molar-refractivity contribution in [3.63, 3.8) is 0 Å². The Morgan fingerprint density at radius 3 is 2.15 bits per heavy atom. The summed E-state index contributed by atoms with van der Waals surface area (Å²) in [6.07, 6.45) is 0.440. The van der Waals surface area contributed by atoms with Gasteiger partial charge in [-0.2, -0.15) is 0 Å². The monoisotopic (exact) mass is 366 g/mol. The zero-order valence-corrected chi connectivity index (χ0v) is 15.7. The first kappa shape index (κ1) is 17.2. The molecule has 0 spiro atoms. The highest BCUT2D eigenvalue weighted by Gasteiger charge is 2.37. The van der Waals surface area contributed by atoms with E-state index in [1.54, 1.807) is 16.7 Å².